The highest BCUT2D eigenvalue weighted by atomic mass is 32.3. The topological polar surface area (TPSA) is 17.1 Å². The molecule has 0 aliphatic carbocycles. The summed E-state index contributed by atoms with van der Waals surface area (Å²) in [5.74, 6) is 3.06. The number of hydrogen-bond donors (Lipinski definition) is 0. The molecule has 0 radical (unpaired) electrons. The predicted octanol–water partition coefficient (Wildman–Crippen LogP) is 2.50. The summed E-state index contributed by atoms with van der Waals surface area (Å²) in [5, 5.41) is 3.19. The van der Waals surface area contributed by atoms with Crippen LogP contribution in [0.15, 0.2) is 24.3 Å². The fraction of sp³-hybridized carbons (Fsp3) is 0.250. The Balaban J connectivity index is 3.06. The molecule has 74 valence electrons. The van der Waals surface area contributed by atoms with Gasteiger partial charge in [0.2, 0.25) is 0 Å². The molecule has 0 atom stereocenters. The van der Waals surface area contributed by atoms with E-state index in [9.17, 15) is 4.79 Å². The molecule has 0 N–H and O–H groups in total. The predicted molar refractivity (Wildman–Crippen MR) is 64.1 cm³/mol. The van der Waals surface area contributed by atoms with Crippen molar-refractivity contribution in [2.75, 3.05) is 18.8 Å². The first kappa shape index (κ1) is 10.9. The van der Waals surface area contributed by atoms with Gasteiger partial charge in [-0.2, -0.15) is 10.0 Å². The van der Waals surface area contributed by atoms with E-state index in [1.165, 1.54) is 0 Å². The van der Waals surface area contributed by atoms with E-state index >= 15 is 0 Å². The number of carbonyl (C=O) groups excluding carboxylic acids is 1. The normalized spacial score (nSPS) is 11.4. The van der Waals surface area contributed by atoms with Crippen LogP contribution in [0.25, 0.3) is 0 Å². The molecule has 1 nitrogen and oxygen atoms in total. The van der Waals surface area contributed by atoms with Gasteiger partial charge in [0.05, 0.1) is 0 Å². The summed E-state index contributed by atoms with van der Waals surface area (Å²) < 4.78 is 0. The van der Waals surface area contributed by atoms with Crippen molar-refractivity contribution in [3.63, 3.8) is 0 Å². The van der Waals surface area contributed by atoms with E-state index in [2.05, 4.69) is 29.9 Å². The highest BCUT2D eigenvalue weighted by molar-refractivity contribution is 8.35. The van der Waals surface area contributed by atoms with E-state index in [-0.39, 0.29) is 0 Å². The quantitative estimate of drug-likeness (QED) is 0.509. The Hall–Kier alpha value is -1.20. The monoisotopic (exact) mass is 206 g/mol. The van der Waals surface area contributed by atoms with Crippen LogP contribution in [-0.2, 0) is 0 Å². The van der Waals surface area contributed by atoms with Gasteiger partial charge in [-0.25, -0.2) is 0 Å². The first-order chi connectivity index (χ1) is 6.53. The molecule has 2 heteroatoms. The second-order valence-corrected chi connectivity index (χ2v) is 7.65. The second-order valence-electron chi connectivity index (χ2n) is 3.77. The van der Waals surface area contributed by atoms with Crippen molar-refractivity contribution in [3.8, 4) is 11.2 Å². The molecule has 0 saturated carbocycles. The van der Waals surface area contributed by atoms with Gasteiger partial charge in [-0.05, 0) is 30.1 Å². The lowest BCUT2D eigenvalue weighted by molar-refractivity contribution is 0.112. The van der Waals surface area contributed by atoms with Gasteiger partial charge < -0.3 is 0 Å². The minimum atomic E-state index is -0.824. The molecule has 0 amide bonds. The van der Waals surface area contributed by atoms with Gasteiger partial charge in [-0.3, -0.25) is 4.79 Å². The summed E-state index contributed by atoms with van der Waals surface area (Å²) in [6.45, 7) is 0. The summed E-state index contributed by atoms with van der Waals surface area (Å²) in [6, 6.07) is 7.41. The lowest BCUT2D eigenvalue weighted by atomic mass is 10.1. The number of carbonyl (C=O) groups is 1. The van der Waals surface area contributed by atoms with Gasteiger partial charge >= 0.3 is 0 Å². The summed E-state index contributed by atoms with van der Waals surface area (Å²) in [4.78, 5) is 10.7. The Morgan fingerprint density at radius 3 is 2.43 bits per heavy atom. The molecule has 0 fully saturated rings. The molecule has 0 saturated heterocycles. The van der Waals surface area contributed by atoms with Crippen molar-refractivity contribution in [1.82, 2.24) is 0 Å². The van der Waals surface area contributed by atoms with E-state index in [1.807, 2.05) is 18.2 Å². The lowest BCUT2D eigenvalue weighted by Crippen LogP contribution is -1.88. The number of benzene rings is 1. The van der Waals surface area contributed by atoms with Gasteiger partial charge in [0.15, 0.2) is 6.29 Å². The van der Waals surface area contributed by atoms with E-state index in [4.69, 9.17) is 0 Å². The Labute approximate surface area is 86.8 Å². The van der Waals surface area contributed by atoms with E-state index in [0.717, 1.165) is 11.8 Å². The first-order valence-electron chi connectivity index (χ1n) is 4.28. The fourth-order valence-electron chi connectivity index (χ4n) is 0.922. The van der Waals surface area contributed by atoms with Crippen molar-refractivity contribution >= 4 is 16.3 Å². The molecule has 0 aromatic heterocycles. The van der Waals surface area contributed by atoms with Crippen LogP contribution in [-0.4, -0.2) is 25.1 Å². The largest absolute Gasteiger partial charge is 0.298 e. The van der Waals surface area contributed by atoms with Crippen molar-refractivity contribution in [1.29, 1.82) is 0 Å². The van der Waals surface area contributed by atoms with Crippen LogP contribution >= 0.6 is 10.0 Å². The minimum Gasteiger partial charge on any atom is -0.298 e. The Morgan fingerprint density at radius 2 is 1.86 bits per heavy atom. The van der Waals surface area contributed by atoms with Gasteiger partial charge in [0.25, 0.3) is 0 Å². The van der Waals surface area contributed by atoms with Crippen LogP contribution in [0.2, 0.25) is 0 Å². The smallest absolute Gasteiger partial charge is 0.151 e. The summed E-state index contributed by atoms with van der Waals surface area (Å²) >= 11 is 0. The van der Waals surface area contributed by atoms with Gasteiger partial charge in [0, 0.05) is 11.1 Å². The lowest BCUT2D eigenvalue weighted by Gasteiger charge is -2.14. The Bertz CT molecular complexity index is 391. The third-order valence-corrected chi connectivity index (χ3v) is 2.29. The van der Waals surface area contributed by atoms with Crippen LogP contribution in [0.3, 0.4) is 0 Å². The van der Waals surface area contributed by atoms with Crippen LogP contribution in [0, 0.1) is 11.2 Å². The maximum atomic E-state index is 10.7. The molecule has 0 bridgehead atoms. The van der Waals surface area contributed by atoms with Crippen molar-refractivity contribution in [3.05, 3.63) is 35.4 Å². The van der Waals surface area contributed by atoms with Crippen LogP contribution in [0.4, 0.5) is 0 Å². The average molecular weight is 206 g/mol. The zero-order valence-electron chi connectivity index (χ0n) is 8.70. The van der Waals surface area contributed by atoms with Crippen molar-refractivity contribution in [2.45, 2.75) is 0 Å². The molecule has 0 unspecified atom stereocenters. The highest BCUT2D eigenvalue weighted by Crippen LogP contribution is 2.32. The number of rotatable bonds is 1. The number of hydrogen-bond acceptors (Lipinski definition) is 1. The zero-order chi connectivity index (χ0) is 10.6. The maximum absolute atomic E-state index is 10.7. The molecule has 0 aliphatic rings. The van der Waals surface area contributed by atoms with Crippen LogP contribution < -0.4 is 0 Å². The van der Waals surface area contributed by atoms with Crippen LogP contribution in [0.5, 0.6) is 0 Å². The maximum Gasteiger partial charge on any atom is 0.151 e. The standard InChI is InChI=1S/C12H14OS/c1-14(2,3)9-8-11-6-4-5-7-12(11)10-13/h4-7,10H,1-3H3. The molecule has 1 aromatic rings. The SMILES string of the molecule is CS(C)(C)C#Cc1ccccc1C=O. The molecule has 1 rings (SSSR count). The van der Waals surface area contributed by atoms with E-state index in [1.54, 1.807) is 6.07 Å². The minimum absolute atomic E-state index is 0.670. The van der Waals surface area contributed by atoms with Gasteiger partial charge in [-0.15, -0.1) is 0 Å². The first-order valence-corrected chi connectivity index (χ1v) is 7.14. The molecule has 1 aromatic carbocycles. The Kier molecular flexibility index (Phi) is 3.38. The Morgan fingerprint density at radius 1 is 1.21 bits per heavy atom. The second kappa shape index (κ2) is 4.34. The number of aldehydes is 1. The summed E-state index contributed by atoms with van der Waals surface area (Å²) in [6.07, 6.45) is 7.23. The van der Waals surface area contributed by atoms with E-state index in [0.29, 0.717) is 5.56 Å². The molecule has 0 spiro atoms. The van der Waals surface area contributed by atoms with Gasteiger partial charge in [-0.1, -0.05) is 24.1 Å². The molecule has 0 aliphatic heterocycles. The highest BCUT2D eigenvalue weighted by Gasteiger charge is 1.98. The van der Waals surface area contributed by atoms with E-state index < -0.39 is 10.0 Å². The fourth-order valence-corrected chi connectivity index (χ4v) is 1.34. The zero-order valence-corrected chi connectivity index (χ0v) is 9.52. The third kappa shape index (κ3) is 3.27. The molecular weight excluding hydrogens is 192 g/mol. The van der Waals surface area contributed by atoms with Crippen LogP contribution in [0.1, 0.15) is 15.9 Å². The van der Waals surface area contributed by atoms with Gasteiger partial charge in [0.1, 0.15) is 0 Å². The third-order valence-electron chi connectivity index (χ3n) is 1.58. The average Bonchev–Trinajstić information content (AvgIpc) is 2.14. The molecular formula is C12H14OS. The van der Waals surface area contributed by atoms with Crippen molar-refractivity contribution < 1.29 is 4.79 Å². The summed E-state index contributed by atoms with van der Waals surface area (Å²) in [5.41, 5.74) is 1.49. The molecule has 0 heterocycles. The molecule has 14 heavy (non-hydrogen) atoms. The summed E-state index contributed by atoms with van der Waals surface area (Å²) in [7, 11) is -0.824. The van der Waals surface area contributed by atoms with Crippen molar-refractivity contribution in [2.24, 2.45) is 0 Å².